The van der Waals surface area contributed by atoms with Crippen LogP contribution in [0.1, 0.15) is 174 Å². The maximum atomic E-state index is 9.78. The van der Waals surface area contributed by atoms with Crippen LogP contribution in [0.4, 0.5) is 0 Å². The molecule has 1 aromatic rings. The molecule has 0 saturated heterocycles. The first-order valence-corrected chi connectivity index (χ1v) is 20.3. The summed E-state index contributed by atoms with van der Waals surface area (Å²) in [6.07, 6.45) is 48.3. The van der Waals surface area contributed by atoms with Crippen LogP contribution >= 0.6 is 15.9 Å². The Bertz CT molecular complexity index is 877. The van der Waals surface area contributed by atoms with Crippen LogP contribution in [-0.2, 0) is 6.61 Å². The molecular weight excluding hydrogens is 644 g/mol. The van der Waals surface area contributed by atoms with Gasteiger partial charge in [0.1, 0.15) is 16.0 Å². The average molecular weight is 716 g/mol. The van der Waals surface area contributed by atoms with Crippen molar-refractivity contribution in [2.75, 3.05) is 13.2 Å². The summed E-state index contributed by atoms with van der Waals surface area (Å²) in [6.45, 7) is 5.87. The third kappa shape index (κ3) is 26.8. The van der Waals surface area contributed by atoms with E-state index in [1.54, 1.807) is 0 Å². The topological polar surface area (TPSA) is 38.7 Å². The van der Waals surface area contributed by atoms with Crippen LogP contribution in [0.3, 0.4) is 0 Å². The van der Waals surface area contributed by atoms with Gasteiger partial charge in [0.05, 0.1) is 19.8 Å². The van der Waals surface area contributed by atoms with Crippen molar-refractivity contribution in [2.24, 2.45) is 0 Å². The average Bonchev–Trinajstić information content (AvgIpc) is 3.08. The Morgan fingerprint density at radius 1 is 0.489 bits per heavy atom. The Labute approximate surface area is 299 Å². The second-order valence-electron chi connectivity index (χ2n) is 12.9. The zero-order valence-electron chi connectivity index (χ0n) is 30.5. The number of allylic oxidation sites excluding steroid dienone is 8. The molecule has 1 N–H and O–H groups in total. The number of aliphatic hydroxyl groups excluding tert-OH is 1. The minimum absolute atomic E-state index is 0.0180. The fourth-order valence-electron chi connectivity index (χ4n) is 5.47. The van der Waals surface area contributed by atoms with Crippen molar-refractivity contribution in [1.29, 1.82) is 0 Å². The van der Waals surface area contributed by atoms with E-state index in [9.17, 15) is 5.11 Å². The number of ether oxygens (including phenoxy) is 2. The number of hydrogen-bond acceptors (Lipinski definition) is 3. The van der Waals surface area contributed by atoms with Gasteiger partial charge < -0.3 is 14.6 Å². The van der Waals surface area contributed by atoms with Gasteiger partial charge in [-0.2, -0.15) is 0 Å². The molecule has 0 unspecified atom stereocenters. The number of aliphatic hydroxyl groups is 1. The van der Waals surface area contributed by atoms with Crippen molar-refractivity contribution < 1.29 is 14.6 Å². The fourth-order valence-corrected chi connectivity index (χ4v) is 5.93. The molecule has 0 atom stereocenters. The van der Waals surface area contributed by atoms with Gasteiger partial charge in [-0.15, -0.1) is 0 Å². The summed E-state index contributed by atoms with van der Waals surface area (Å²) in [4.78, 5) is 0. The molecule has 0 fully saturated rings. The van der Waals surface area contributed by atoms with Crippen molar-refractivity contribution in [1.82, 2.24) is 0 Å². The predicted octanol–water partition coefficient (Wildman–Crippen LogP) is 14.3. The van der Waals surface area contributed by atoms with E-state index >= 15 is 0 Å². The first kappa shape index (κ1) is 43.2. The van der Waals surface area contributed by atoms with Gasteiger partial charge in [0, 0.05) is 0 Å². The lowest BCUT2D eigenvalue weighted by Crippen LogP contribution is -2.03. The number of unbranched alkanes of at least 4 members (excludes halogenated alkanes) is 18. The minimum Gasteiger partial charge on any atom is -0.492 e. The lowest BCUT2D eigenvalue weighted by Gasteiger charge is -2.15. The Morgan fingerprint density at radius 3 is 1.19 bits per heavy atom. The van der Waals surface area contributed by atoms with Gasteiger partial charge >= 0.3 is 0 Å². The molecule has 0 aliphatic carbocycles. The Morgan fingerprint density at radius 2 is 0.830 bits per heavy atom. The molecule has 0 radical (unpaired) electrons. The fraction of sp³-hybridized carbons (Fsp3) is 0.674. The molecule has 3 nitrogen and oxygen atoms in total. The molecule has 0 spiro atoms. The molecular formula is C43H71BrO3. The Hall–Kier alpha value is -1.78. The van der Waals surface area contributed by atoms with E-state index in [2.05, 4.69) is 78.4 Å². The van der Waals surface area contributed by atoms with Crippen LogP contribution < -0.4 is 9.47 Å². The Balaban J connectivity index is 2.09. The number of benzene rings is 1. The summed E-state index contributed by atoms with van der Waals surface area (Å²) in [6, 6.07) is 3.85. The predicted molar refractivity (Wildman–Crippen MR) is 210 cm³/mol. The van der Waals surface area contributed by atoms with E-state index in [1.165, 1.54) is 128 Å². The smallest absolute Gasteiger partial charge is 0.137 e. The minimum atomic E-state index is -0.0180. The standard InChI is InChI=1S/C43H71BrO3/c1-3-5-7-9-11-13-15-17-19-21-23-25-27-29-31-33-35-46-41-37-40(39-45)38-42(43(41)44)47-36-34-32-30-28-26-24-22-20-18-16-14-12-10-8-6-4-2/h11-14,17-20,37-38,45H,3-10,15-16,21-36,39H2,1-2H3/b13-11-,14-12-,19-17-,20-18-. The van der Waals surface area contributed by atoms with E-state index in [4.69, 9.17) is 9.47 Å². The largest absolute Gasteiger partial charge is 0.492 e. The zero-order valence-corrected chi connectivity index (χ0v) is 32.1. The van der Waals surface area contributed by atoms with Gasteiger partial charge in [0.15, 0.2) is 0 Å². The van der Waals surface area contributed by atoms with Crippen molar-refractivity contribution >= 4 is 15.9 Å². The second kappa shape index (κ2) is 34.1. The summed E-state index contributed by atoms with van der Waals surface area (Å²) in [5.74, 6) is 1.54. The first-order chi connectivity index (χ1) is 23.2. The van der Waals surface area contributed by atoms with Crippen LogP contribution in [0.15, 0.2) is 65.2 Å². The molecule has 268 valence electrons. The maximum Gasteiger partial charge on any atom is 0.137 e. The lowest BCUT2D eigenvalue weighted by molar-refractivity contribution is 0.270. The first-order valence-electron chi connectivity index (χ1n) is 19.5. The van der Waals surface area contributed by atoms with Crippen molar-refractivity contribution in [3.05, 3.63) is 70.8 Å². The molecule has 0 amide bonds. The summed E-state index contributed by atoms with van der Waals surface area (Å²) in [7, 11) is 0. The van der Waals surface area contributed by atoms with Crippen molar-refractivity contribution in [2.45, 2.75) is 175 Å². The maximum absolute atomic E-state index is 9.78. The van der Waals surface area contributed by atoms with Crippen molar-refractivity contribution in [3.8, 4) is 11.5 Å². The van der Waals surface area contributed by atoms with Crippen molar-refractivity contribution in [3.63, 3.8) is 0 Å². The molecule has 0 bridgehead atoms. The summed E-state index contributed by atoms with van der Waals surface area (Å²) in [5.41, 5.74) is 0.826. The van der Waals surface area contributed by atoms with Gasteiger partial charge in [0.25, 0.3) is 0 Å². The molecule has 0 aliphatic heterocycles. The van der Waals surface area contributed by atoms with E-state index in [0.717, 1.165) is 47.2 Å². The zero-order chi connectivity index (χ0) is 33.9. The monoisotopic (exact) mass is 714 g/mol. The quantitative estimate of drug-likeness (QED) is 0.0582. The van der Waals surface area contributed by atoms with Crippen LogP contribution in [0.5, 0.6) is 11.5 Å². The summed E-state index contributed by atoms with van der Waals surface area (Å²) < 4.78 is 13.1. The van der Waals surface area contributed by atoms with E-state index in [0.29, 0.717) is 13.2 Å². The highest BCUT2D eigenvalue weighted by molar-refractivity contribution is 9.10. The Kier molecular flexibility index (Phi) is 31.4. The van der Waals surface area contributed by atoms with Gasteiger partial charge in [-0.25, -0.2) is 0 Å². The second-order valence-corrected chi connectivity index (χ2v) is 13.7. The molecule has 47 heavy (non-hydrogen) atoms. The number of halogens is 1. The highest BCUT2D eigenvalue weighted by Gasteiger charge is 2.11. The molecule has 0 saturated carbocycles. The highest BCUT2D eigenvalue weighted by Crippen LogP contribution is 2.36. The molecule has 0 aromatic heterocycles. The van der Waals surface area contributed by atoms with Crippen LogP contribution in [0, 0.1) is 0 Å². The molecule has 1 rings (SSSR count). The lowest BCUT2D eigenvalue weighted by atomic mass is 10.1. The summed E-state index contributed by atoms with van der Waals surface area (Å²) in [5, 5.41) is 9.78. The van der Waals surface area contributed by atoms with E-state index in [1.807, 2.05) is 12.1 Å². The van der Waals surface area contributed by atoms with Crippen LogP contribution in [0.25, 0.3) is 0 Å². The van der Waals surface area contributed by atoms with E-state index < -0.39 is 0 Å². The third-order valence-corrected chi connectivity index (χ3v) is 9.23. The number of hydrogen-bond donors (Lipinski definition) is 1. The third-order valence-electron chi connectivity index (χ3n) is 8.45. The van der Waals surface area contributed by atoms with Gasteiger partial charge in [-0.1, -0.05) is 140 Å². The van der Waals surface area contributed by atoms with Gasteiger partial charge in [-0.3, -0.25) is 0 Å². The summed E-state index contributed by atoms with van der Waals surface area (Å²) >= 11 is 3.70. The number of rotatable bonds is 33. The van der Waals surface area contributed by atoms with Gasteiger partial charge in [-0.05, 0) is 111 Å². The van der Waals surface area contributed by atoms with Crippen LogP contribution in [0.2, 0.25) is 0 Å². The highest BCUT2D eigenvalue weighted by atomic mass is 79.9. The van der Waals surface area contributed by atoms with E-state index in [-0.39, 0.29) is 6.61 Å². The van der Waals surface area contributed by atoms with Crippen LogP contribution in [-0.4, -0.2) is 18.3 Å². The molecule has 4 heteroatoms. The van der Waals surface area contributed by atoms with Gasteiger partial charge in [0.2, 0.25) is 0 Å². The normalized spacial score (nSPS) is 12.1. The molecule has 0 heterocycles. The molecule has 1 aromatic carbocycles. The molecule has 0 aliphatic rings. The SMILES string of the molecule is CCCCC/C=C\C/C=C\CCCCCCCCOc1cc(CO)cc(OCCCCCCCC/C=C\C/C=C\CCCCC)c1Br.